The fourth-order valence-electron chi connectivity index (χ4n) is 11.3. The first-order valence-corrected chi connectivity index (χ1v) is 16.4. The van der Waals surface area contributed by atoms with E-state index in [4.69, 9.17) is 9.99 Å². The first-order valence-electron chi connectivity index (χ1n) is 16.4. The molecule has 0 heterocycles. The van der Waals surface area contributed by atoms with Crippen LogP contribution in [0.1, 0.15) is 118 Å². The molecule has 4 fully saturated rings. The summed E-state index contributed by atoms with van der Waals surface area (Å²) in [5, 5.41) is 15.0. The molecule has 1 aromatic rings. The van der Waals surface area contributed by atoms with Crippen molar-refractivity contribution >= 4 is 11.7 Å². The van der Waals surface area contributed by atoms with Crippen molar-refractivity contribution < 1.29 is 14.7 Å². The predicted octanol–water partition coefficient (Wildman–Crippen LogP) is 9.45. The number of carboxylic acids is 1. The number of hydrogen-bond donors (Lipinski definition) is 1. The quantitative estimate of drug-likeness (QED) is 0.295. The van der Waals surface area contributed by atoms with Gasteiger partial charge >= 0.3 is 5.97 Å². The number of carbonyl (C=O) groups is 1. The standard InChI is InChI=1S/C37H53NO3/c1-32(2)28-15-18-37(7)29(35(28,5)17-16-30(32)38-41-24-25-11-9-8-10-12-25)14-13-26-27-23-34(4,31(39)40)20-19-33(27,3)21-22-36(26,37)6/h8-13,27-29H,14-24H2,1-7H3,(H,39,40)/b38-30+/t27-,28-,29+,33+,34+,35-,36+,37+/m0/s1. The third-order valence-corrected chi connectivity index (χ3v) is 14.4. The lowest BCUT2D eigenvalue weighted by atomic mass is 9.33. The minimum Gasteiger partial charge on any atom is -0.481 e. The highest BCUT2D eigenvalue weighted by molar-refractivity contribution is 5.90. The average molecular weight is 560 g/mol. The van der Waals surface area contributed by atoms with Gasteiger partial charge in [-0.15, -0.1) is 0 Å². The van der Waals surface area contributed by atoms with Crippen LogP contribution in [0.2, 0.25) is 0 Å². The normalized spacial score (nSPS) is 45.9. The molecule has 0 unspecified atom stereocenters. The molecule has 0 bridgehead atoms. The van der Waals surface area contributed by atoms with Crippen LogP contribution in [-0.2, 0) is 16.2 Å². The molecule has 5 aliphatic carbocycles. The second-order valence-corrected chi connectivity index (χ2v) is 16.6. The Kier molecular flexibility index (Phi) is 6.68. The van der Waals surface area contributed by atoms with E-state index in [1.807, 2.05) is 13.0 Å². The topological polar surface area (TPSA) is 58.9 Å². The van der Waals surface area contributed by atoms with Gasteiger partial charge in [-0.2, -0.15) is 0 Å². The number of benzene rings is 1. The molecule has 4 heteroatoms. The van der Waals surface area contributed by atoms with Crippen LogP contribution in [0.4, 0.5) is 0 Å². The summed E-state index contributed by atoms with van der Waals surface area (Å²) in [7, 11) is 0. The molecule has 41 heavy (non-hydrogen) atoms. The summed E-state index contributed by atoms with van der Waals surface area (Å²) in [6.07, 6.45) is 13.6. The zero-order valence-electron chi connectivity index (χ0n) is 26.7. The van der Waals surface area contributed by atoms with Crippen LogP contribution in [0.5, 0.6) is 0 Å². The van der Waals surface area contributed by atoms with Gasteiger partial charge in [-0.3, -0.25) is 4.79 Å². The van der Waals surface area contributed by atoms with Crippen molar-refractivity contribution in [2.75, 3.05) is 0 Å². The van der Waals surface area contributed by atoms with Crippen LogP contribution in [0, 0.1) is 50.2 Å². The van der Waals surface area contributed by atoms with Gasteiger partial charge in [-0.1, -0.05) is 88.7 Å². The lowest BCUT2D eigenvalue weighted by Gasteiger charge is -2.71. The highest BCUT2D eigenvalue weighted by Crippen LogP contribution is 2.75. The van der Waals surface area contributed by atoms with Crippen LogP contribution in [0.25, 0.3) is 0 Å². The summed E-state index contributed by atoms with van der Waals surface area (Å²) >= 11 is 0. The molecule has 224 valence electrons. The highest BCUT2D eigenvalue weighted by Gasteiger charge is 2.68. The summed E-state index contributed by atoms with van der Waals surface area (Å²) < 4.78 is 0. The number of allylic oxidation sites excluding steroid dienone is 2. The maximum Gasteiger partial charge on any atom is 0.309 e. The van der Waals surface area contributed by atoms with Crippen molar-refractivity contribution in [1.82, 2.24) is 0 Å². The van der Waals surface area contributed by atoms with E-state index in [1.54, 1.807) is 5.57 Å². The van der Waals surface area contributed by atoms with Crippen molar-refractivity contribution in [3.63, 3.8) is 0 Å². The van der Waals surface area contributed by atoms with Crippen molar-refractivity contribution in [3.8, 4) is 0 Å². The van der Waals surface area contributed by atoms with Gasteiger partial charge in [-0.25, -0.2) is 0 Å². The molecule has 0 radical (unpaired) electrons. The average Bonchev–Trinajstić information content (AvgIpc) is 2.92. The Morgan fingerprint density at radius 3 is 2.34 bits per heavy atom. The summed E-state index contributed by atoms with van der Waals surface area (Å²) in [5.74, 6) is 1.00. The Balaban J connectivity index is 1.29. The maximum atomic E-state index is 12.4. The number of rotatable bonds is 4. The molecule has 8 atom stereocenters. The number of oxime groups is 1. The van der Waals surface area contributed by atoms with E-state index in [0.717, 1.165) is 37.7 Å². The van der Waals surface area contributed by atoms with Crippen LogP contribution in [0.15, 0.2) is 47.1 Å². The van der Waals surface area contributed by atoms with E-state index < -0.39 is 11.4 Å². The predicted molar refractivity (Wildman–Crippen MR) is 165 cm³/mol. The molecule has 1 N–H and O–H groups in total. The molecule has 6 rings (SSSR count). The van der Waals surface area contributed by atoms with Gasteiger partial charge in [0.15, 0.2) is 0 Å². The monoisotopic (exact) mass is 559 g/mol. The largest absolute Gasteiger partial charge is 0.481 e. The van der Waals surface area contributed by atoms with Crippen molar-refractivity contribution in [1.29, 1.82) is 0 Å². The van der Waals surface area contributed by atoms with Gasteiger partial charge < -0.3 is 9.94 Å². The molecule has 4 saturated carbocycles. The number of fused-ring (bicyclic) bond motifs is 7. The third-order valence-electron chi connectivity index (χ3n) is 14.4. The molecule has 0 amide bonds. The second-order valence-electron chi connectivity index (χ2n) is 16.6. The van der Waals surface area contributed by atoms with E-state index in [9.17, 15) is 9.90 Å². The summed E-state index contributed by atoms with van der Waals surface area (Å²) in [5.41, 5.74) is 4.30. The molecule has 0 spiro atoms. The smallest absolute Gasteiger partial charge is 0.309 e. The van der Waals surface area contributed by atoms with Gasteiger partial charge in [0.1, 0.15) is 6.61 Å². The lowest BCUT2D eigenvalue weighted by Crippen LogP contribution is -2.64. The minimum atomic E-state index is -0.602. The molecular formula is C37H53NO3. The molecular weight excluding hydrogens is 506 g/mol. The van der Waals surface area contributed by atoms with Gasteiger partial charge in [0, 0.05) is 5.41 Å². The molecule has 0 saturated heterocycles. The Morgan fingerprint density at radius 2 is 1.63 bits per heavy atom. The molecule has 0 aromatic heterocycles. The fraction of sp³-hybridized carbons (Fsp3) is 0.730. The van der Waals surface area contributed by atoms with E-state index >= 15 is 0 Å². The molecule has 1 aromatic carbocycles. The zero-order valence-corrected chi connectivity index (χ0v) is 26.7. The van der Waals surface area contributed by atoms with Crippen molar-refractivity contribution in [3.05, 3.63) is 47.5 Å². The first kappa shape index (κ1) is 29.0. The van der Waals surface area contributed by atoms with Gasteiger partial charge in [-0.05, 0) is 116 Å². The summed E-state index contributed by atoms with van der Waals surface area (Å²) in [6, 6.07) is 10.3. The summed E-state index contributed by atoms with van der Waals surface area (Å²) in [4.78, 5) is 18.3. The summed E-state index contributed by atoms with van der Waals surface area (Å²) in [6.45, 7) is 17.7. The molecule has 0 aliphatic heterocycles. The molecule has 5 aliphatic rings. The Hall–Kier alpha value is -2.10. The van der Waals surface area contributed by atoms with E-state index in [2.05, 4.69) is 71.9 Å². The Morgan fingerprint density at radius 1 is 0.927 bits per heavy atom. The zero-order chi connectivity index (χ0) is 29.5. The van der Waals surface area contributed by atoms with Crippen molar-refractivity contribution in [2.45, 2.75) is 119 Å². The maximum absolute atomic E-state index is 12.4. The molecule has 4 nitrogen and oxygen atoms in total. The van der Waals surface area contributed by atoms with Gasteiger partial charge in [0.2, 0.25) is 0 Å². The number of carboxylic acid groups (broad SMARTS) is 1. The first-order chi connectivity index (χ1) is 19.2. The van der Waals surface area contributed by atoms with E-state index in [1.165, 1.54) is 37.8 Å². The van der Waals surface area contributed by atoms with Crippen LogP contribution >= 0.6 is 0 Å². The number of aliphatic carboxylic acids is 1. The Labute approximate surface area is 248 Å². The number of hydrogen-bond acceptors (Lipinski definition) is 3. The SMILES string of the molecule is CC1(C)/C(=N/OCc2ccccc2)CC[C@]2(C)[C@H]3CC=C4[C@@H]5C[C@](C)(C(=O)O)CC[C@]5(C)CC[C@@]4(C)[C@]3(C)CC[C@@H]12. The Bertz CT molecular complexity index is 1270. The van der Waals surface area contributed by atoms with E-state index in [0.29, 0.717) is 24.4 Å². The van der Waals surface area contributed by atoms with Crippen LogP contribution < -0.4 is 0 Å². The highest BCUT2D eigenvalue weighted by atomic mass is 16.6. The van der Waals surface area contributed by atoms with Gasteiger partial charge in [0.05, 0.1) is 11.1 Å². The van der Waals surface area contributed by atoms with Crippen molar-refractivity contribution in [2.24, 2.45) is 55.4 Å². The lowest BCUT2D eigenvalue weighted by molar-refractivity contribution is -0.169. The van der Waals surface area contributed by atoms with Crippen LogP contribution in [-0.4, -0.2) is 16.8 Å². The number of nitrogens with zero attached hydrogens (tertiary/aromatic N) is 1. The minimum absolute atomic E-state index is 0.00766. The second kappa shape index (κ2) is 9.45. The van der Waals surface area contributed by atoms with E-state index in [-0.39, 0.29) is 27.1 Å². The van der Waals surface area contributed by atoms with Gasteiger partial charge in [0.25, 0.3) is 0 Å². The third kappa shape index (κ3) is 4.12. The van der Waals surface area contributed by atoms with Crippen LogP contribution in [0.3, 0.4) is 0 Å². The fourth-order valence-corrected chi connectivity index (χ4v) is 11.3.